The Labute approximate surface area is 337 Å². The van der Waals surface area contributed by atoms with Crippen molar-refractivity contribution in [2.75, 3.05) is 4.90 Å². The molecule has 0 radical (unpaired) electrons. The van der Waals surface area contributed by atoms with Crippen LogP contribution in [0.5, 0.6) is 0 Å². The van der Waals surface area contributed by atoms with Crippen molar-refractivity contribution in [2.24, 2.45) is 0 Å². The average molecular weight is 855 g/mol. The third kappa shape index (κ3) is 7.06. The minimum absolute atomic E-state index is 0.00240. The van der Waals surface area contributed by atoms with Crippen molar-refractivity contribution in [1.82, 2.24) is 4.57 Å². The predicted molar refractivity (Wildman–Crippen MR) is 203 cm³/mol. The molecule has 4 nitrogen and oxygen atoms in total. The summed E-state index contributed by atoms with van der Waals surface area (Å²) in [6, 6.07) is 17.6. The van der Waals surface area contributed by atoms with E-state index in [4.69, 9.17) is 0 Å². The minimum atomic E-state index is -5.19. The molecule has 1 aliphatic heterocycles. The Kier molecular flexibility index (Phi) is 9.26. The van der Waals surface area contributed by atoms with E-state index in [9.17, 15) is 62.3 Å². The van der Waals surface area contributed by atoms with E-state index in [1.54, 1.807) is 26.0 Å². The Morgan fingerprint density at radius 3 is 1.25 bits per heavy atom. The van der Waals surface area contributed by atoms with Crippen molar-refractivity contribution in [2.45, 2.75) is 45.5 Å². The second kappa shape index (κ2) is 13.7. The van der Waals surface area contributed by atoms with Gasteiger partial charge in [0, 0.05) is 10.8 Å². The number of anilines is 1. The van der Waals surface area contributed by atoms with Gasteiger partial charge in [0.05, 0.1) is 55.8 Å². The minimum Gasteiger partial charge on any atom is -0.308 e. The summed E-state index contributed by atoms with van der Waals surface area (Å²) in [6.45, 7) is 5.30. The van der Waals surface area contributed by atoms with E-state index in [-0.39, 0.29) is 61.9 Å². The maximum absolute atomic E-state index is 14.4. The zero-order valence-electron chi connectivity index (χ0n) is 31.6. The molecule has 0 aliphatic carbocycles. The molecule has 1 aromatic heterocycles. The van der Waals surface area contributed by atoms with Crippen LogP contribution >= 0.6 is 0 Å². The topological polar surface area (TPSA) is 42.3 Å². The second-order valence-corrected chi connectivity index (χ2v) is 14.8. The van der Waals surface area contributed by atoms with Crippen LogP contribution in [0.2, 0.25) is 0 Å². The number of benzene rings is 6. The lowest BCUT2D eigenvalue weighted by Crippen LogP contribution is -2.31. The number of rotatable bonds is 4. The Hall–Kier alpha value is -6.58. The van der Waals surface area contributed by atoms with Crippen LogP contribution < -0.4 is 4.90 Å². The highest BCUT2D eigenvalue weighted by Crippen LogP contribution is 2.45. The fourth-order valence-corrected chi connectivity index (χ4v) is 8.07. The van der Waals surface area contributed by atoms with Crippen LogP contribution in [0.25, 0.3) is 49.7 Å². The zero-order valence-corrected chi connectivity index (χ0v) is 31.6. The van der Waals surface area contributed by atoms with Crippen molar-refractivity contribution in [1.29, 1.82) is 0 Å². The quantitative estimate of drug-likeness (QED) is 0.131. The van der Waals surface area contributed by atoms with Gasteiger partial charge in [0.25, 0.3) is 11.8 Å². The van der Waals surface area contributed by atoms with Crippen LogP contribution in [0.1, 0.15) is 59.7 Å². The normalized spacial score (nSPS) is 13.9. The van der Waals surface area contributed by atoms with Gasteiger partial charge in [0.1, 0.15) is 0 Å². The number of alkyl halides is 12. The van der Waals surface area contributed by atoms with E-state index < -0.39 is 69.9 Å². The molecule has 312 valence electrons. The third-order valence-corrected chi connectivity index (χ3v) is 10.6. The van der Waals surface area contributed by atoms with Crippen molar-refractivity contribution < 1.29 is 62.3 Å². The number of hydrogen-bond donors (Lipinski definition) is 0. The van der Waals surface area contributed by atoms with Crippen LogP contribution in [0, 0.1) is 20.8 Å². The number of nitrogens with zero attached hydrogens (tertiary/aromatic N) is 2. The Bertz CT molecular complexity index is 2790. The summed E-state index contributed by atoms with van der Waals surface area (Å²) in [7, 11) is 0. The number of fused-ring (bicyclic) bond motifs is 4. The zero-order chi connectivity index (χ0) is 44.3. The number of hydrogen-bond acceptors (Lipinski definition) is 2. The van der Waals surface area contributed by atoms with Crippen LogP contribution in [-0.2, 0) is 24.7 Å². The van der Waals surface area contributed by atoms with Crippen molar-refractivity contribution in [3.63, 3.8) is 0 Å². The smallest absolute Gasteiger partial charge is 0.308 e. The van der Waals surface area contributed by atoms with Gasteiger partial charge in [-0.1, -0.05) is 35.9 Å². The maximum atomic E-state index is 14.4. The molecular formula is C45H26F12N2O2. The van der Waals surface area contributed by atoms with Gasteiger partial charge in [0.15, 0.2) is 0 Å². The first-order chi connectivity index (χ1) is 28.3. The van der Waals surface area contributed by atoms with Gasteiger partial charge < -0.3 is 4.57 Å². The van der Waals surface area contributed by atoms with E-state index in [0.29, 0.717) is 41.1 Å². The number of amides is 2. The molecule has 2 amide bonds. The number of aryl methyl sites for hydroxylation is 3. The fourth-order valence-electron chi connectivity index (χ4n) is 8.07. The molecule has 2 heterocycles. The summed E-state index contributed by atoms with van der Waals surface area (Å²) in [5.74, 6) is -1.38. The largest absolute Gasteiger partial charge is 0.416 e. The SMILES string of the molecule is Cc1cc(C)c(N2C(=O)c3cccc(-n4c5ccc(-c6cc(C(F)(F)F)cc(C(F)(F)F)c6)cc5c5cc(-c6cc(C(F)(F)F)cc(C(F)(F)F)c6)ccc54)c3C2=O)c(C)c1. The van der Waals surface area contributed by atoms with Crippen LogP contribution in [0.15, 0.2) is 103 Å². The fraction of sp³-hybridized carbons (Fsp3) is 0.156. The molecule has 16 heteroatoms. The molecule has 6 aromatic carbocycles. The summed E-state index contributed by atoms with van der Waals surface area (Å²) in [5, 5.41) is 0.166. The highest BCUT2D eigenvalue weighted by atomic mass is 19.4. The molecule has 8 rings (SSSR count). The number of carbonyl (C=O) groups is 2. The highest BCUT2D eigenvalue weighted by molar-refractivity contribution is 6.36. The van der Waals surface area contributed by atoms with Gasteiger partial charge in [0.2, 0.25) is 0 Å². The summed E-state index contributed by atoms with van der Waals surface area (Å²) in [5.41, 5.74) is -4.87. The molecule has 0 saturated heterocycles. The lowest BCUT2D eigenvalue weighted by Gasteiger charge is -2.20. The van der Waals surface area contributed by atoms with Gasteiger partial charge in [-0.3, -0.25) is 9.59 Å². The van der Waals surface area contributed by atoms with E-state index in [1.807, 2.05) is 6.92 Å². The second-order valence-electron chi connectivity index (χ2n) is 14.8. The summed E-state index contributed by atoms with van der Waals surface area (Å²) in [6.07, 6.45) is -20.8. The number of carbonyl (C=O) groups excluding carboxylic acids is 2. The van der Waals surface area contributed by atoms with Crippen LogP contribution in [0.3, 0.4) is 0 Å². The van der Waals surface area contributed by atoms with E-state index in [0.717, 1.165) is 10.5 Å². The Morgan fingerprint density at radius 2 is 0.852 bits per heavy atom. The number of aromatic nitrogens is 1. The molecule has 0 atom stereocenters. The van der Waals surface area contributed by atoms with Crippen molar-refractivity contribution >= 4 is 39.3 Å². The van der Waals surface area contributed by atoms with Gasteiger partial charge >= 0.3 is 24.7 Å². The molecule has 1 aliphatic rings. The van der Waals surface area contributed by atoms with Gasteiger partial charge in [-0.2, -0.15) is 52.7 Å². The first kappa shape index (κ1) is 41.2. The summed E-state index contributed by atoms with van der Waals surface area (Å²) < 4.78 is 168. The van der Waals surface area contributed by atoms with Crippen LogP contribution in [0.4, 0.5) is 58.4 Å². The van der Waals surface area contributed by atoms with E-state index >= 15 is 0 Å². The van der Waals surface area contributed by atoms with Gasteiger partial charge in [-0.05, 0) is 127 Å². The summed E-state index contributed by atoms with van der Waals surface area (Å²) in [4.78, 5) is 29.5. The standard InChI is InChI=1S/C45H26F12N2O2/c1-21-11-22(2)39(23(3)12-21)59-40(60)32-5-4-6-37(38(32)41(59)61)58-35-9-7-24(26-13-28(42(46,47)48)19-29(14-26)43(49,50)51)17-33(35)34-18-25(8-10-36(34)58)27-15-30(44(52,53)54)20-31(16-27)45(55,56)57/h4-20H,1-3H3. The van der Waals surface area contributed by atoms with E-state index in [1.165, 1.54) is 59.2 Å². The molecule has 0 fully saturated rings. The van der Waals surface area contributed by atoms with Crippen molar-refractivity contribution in [3.05, 3.63) is 153 Å². The molecular weight excluding hydrogens is 828 g/mol. The molecule has 0 bridgehead atoms. The van der Waals surface area contributed by atoms with E-state index in [2.05, 4.69) is 0 Å². The predicted octanol–water partition coefficient (Wildman–Crippen LogP) is 13.9. The molecule has 0 spiro atoms. The lowest BCUT2D eigenvalue weighted by atomic mass is 9.96. The Balaban J connectivity index is 1.41. The molecule has 7 aromatic rings. The van der Waals surface area contributed by atoms with Crippen LogP contribution in [-0.4, -0.2) is 16.4 Å². The first-order valence-electron chi connectivity index (χ1n) is 18.1. The number of imide groups is 1. The first-order valence-corrected chi connectivity index (χ1v) is 18.1. The maximum Gasteiger partial charge on any atom is 0.416 e. The third-order valence-electron chi connectivity index (χ3n) is 10.6. The molecule has 0 N–H and O–H groups in total. The molecule has 0 unspecified atom stereocenters. The Morgan fingerprint density at radius 1 is 0.443 bits per heavy atom. The highest BCUT2D eigenvalue weighted by Gasteiger charge is 2.42. The van der Waals surface area contributed by atoms with Crippen molar-refractivity contribution in [3.8, 4) is 27.9 Å². The molecule has 61 heavy (non-hydrogen) atoms. The molecule has 0 saturated carbocycles. The van der Waals surface area contributed by atoms with Gasteiger partial charge in [-0.15, -0.1) is 0 Å². The average Bonchev–Trinajstić information content (AvgIpc) is 3.62. The van der Waals surface area contributed by atoms with Gasteiger partial charge in [-0.25, -0.2) is 4.90 Å². The summed E-state index contributed by atoms with van der Waals surface area (Å²) >= 11 is 0. The monoisotopic (exact) mass is 854 g/mol. The number of halogens is 12. The lowest BCUT2D eigenvalue weighted by molar-refractivity contribution is -0.144.